The Balaban J connectivity index is 1.25. The first-order valence-electron chi connectivity index (χ1n) is 12.2. The summed E-state index contributed by atoms with van der Waals surface area (Å²) in [6.07, 6.45) is 6.69. The maximum atomic E-state index is 13.1. The number of nitrogens with one attached hydrogen (secondary N) is 1. The van der Waals surface area contributed by atoms with Crippen LogP contribution in [0.2, 0.25) is 0 Å². The minimum atomic E-state index is 0.206. The lowest BCUT2D eigenvalue weighted by Gasteiger charge is -2.23. The molecule has 1 amide bonds. The second-order valence-corrected chi connectivity index (χ2v) is 9.49. The van der Waals surface area contributed by atoms with Gasteiger partial charge in [-0.2, -0.15) is 0 Å². The third-order valence-corrected chi connectivity index (χ3v) is 6.67. The highest BCUT2D eigenvalue weighted by Gasteiger charge is 2.32. The van der Waals surface area contributed by atoms with Gasteiger partial charge in [0.2, 0.25) is 5.91 Å². The molecule has 2 aliphatic rings. The molecule has 6 rings (SSSR count). The molecule has 34 heavy (non-hydrogen) atoms. The fourth-order valence-corrected chi connectivity index (χ4v) is 4.50. The Kier molecular flexibility index (Phi) is 5.46. The Labute approximate surface area is 199 Å². The number of amides is 1. The lowest BCUT2D eigenvalue weighted by Crippen LogP contribution is -2.33. The van der Waals surface area contributed by atoms with E-state index >= 15 is 0 Å². The van der Waals surface area contributed by atoms with Gasteiger partial charge in [0, 0.05) is 24.0 Å². The first-order chi connectivity index (χ1) is 16.7. The zero-order valence-corrected chi connectivity index (χ0v) is 19.2. The van der Waals surface area contributed by atoms with Crippen molar-refractivity contribution in [1.29, 1.82) is 0 Å². The second-order valence-electron chi connectivity index (χ2n) is 9.49. The van der Waals surface area contributed by atoms with Gasteiger partial charge in [0.25, 0.3) is 0 Å². The Morgan fingerprint density at radius 2 is 1.65 bits per heavy atom. The van der Waals surface area contributed by atoms with Crippen molar-refractivity contribution >= 4 is 22.6 Å². The van der Waals surface area contributed by atoms with E-state index in [1.54, 1.807) is 6.33 Å². The zero-order valence-electron chi connectivity index (χ0n) is 19.2. The highest BCUT2D eigenvalue weighted by atomic mass is 16.2. The van der Waals surface area contributed by atoms with E-state index in [1.165, 1.54) is 12.8 Å². The van der Waals surface area contributed by atoms with E-state index in [2.05, 4.69) is 62.6 Å². The van der Waals surface area contributed by atoms with Crippen LogP contribution < -0.4 is 5.32 Å². The molecule has 4 aromatic rings. The van der Waals surface area contributed by atoms with Gasteiger partial charge in [0.05, 0.1) is 11.9 Å². The Hall–Kier alpha value is -3.73. The van der Waals surface area contributed by atoms with Gasteiger partial charge in [-0.25, -0.2) is 9.97 Å². The molecule has 2 saturated carbocycles. The summed E-state index contributed by atoms with van der Waals surface area (Å²) in [5.41, 5.74) is 5.46. The molecule has 1 N–H and O–H groups in total. The van der Waals surface area contributed by atoms with Gasteiger partial charge in [0.15, 0.2) is 0 Å². The number of hydrogen-bond acceptors (Lipinski definition) is 4. The van der Waals surface area contributed by atoms with E-state index in [4.69, 9.17) is 0 Å². The number of fused-ring (bicyclic) bond motifs is 1. The number of anilines is 1. The fourth-order valence-electron chi connectivity index (χ4n) is 4.50. The van der Waals surface area contributed by atoms with Gasteiger partial charge in [-0.1, -0.05) is 54.6 Å². The van der Waals surface area contributed by atoms with Gasteiger partial charge in [0.1, 0.15) is 12.1 Å². The van der Waals surface area contributed by atoms with E-state index in [-0.39, 0.29) is 5.91 Å². The zero-order chi connectivity index (χ0) is 22.9. The van der Waals surface area contributed by atoms with E-state index in [9.17, 15) is 4.79 Å². The minimum absolute atomic E-state index is 0.206. The largest absolute Gasteiger partial charge is 0.367 e. The van der Waals surface area contributed by atoms with Crippen molar-refractivity contribution in [2.75, 3.05) is 5.32 Å². The smallest absolute Gasteiger partial charge is 0.227 e. The lowest BCUT2D eigenvalue weighted by molar-refractivity contribution is -0.131. The molecule has 0 spiro atoms. The molecule has 2 fully saturated rings. The molecule has 1 aromatic heterocycles. The average Bonchev–Trinajstić information content (AvgIpc) is 3.79. The maximum Gasteiger partial charge on any atom is 0.227 e. The first-order valence-corrected chi connectivity index (χ1v) is 12.2. The van der Waals surface area contributed by atoms with Gasteiger partial charge in [-0.3, -0.25) is 4.79 Å². The monoisotopic (exact) mass is 448 g/mol. The van der Waals surface area contributed by atoms with Gasteiger partial charge < -0.3 is 10.2 Å². The van der Waals surface area contributed by atoms with Crippen molar-refractivity contribution < 1.29 is 4.79 Å². The summed E-state index contributed by atoms with van der Waals surface area (Å²) >= 11 is 0. The van der Waals surface area contributed by atoms with Crippen molar-refractivity contribution in [3.05, 3.63) is 90.3 Å². The predicted octanol–water partition coefficient (Wildman–Crippen LogP) is 5.60. The summed E-state index contributed by atoms with van der Waals surface area (Å²) < 4.78 is 0. The molecule has 0 bridgehead atoms. The fraction of sp³-hybridized carbons (Fsp3) is 0.276. The summed E-state index contributed by atoms with van der Waals surface area (Å²) in [5.74, 6) is 1.12. The van der Waals surface area contributed by atoms with Gasteiger partial charge in [-0.15, -0.1) is 0 Å². The number of aromatic nitrogens is 2. The van der Waals surface area contributed by atoms with Crippen LogP contribution in [0.5, 0.6) is 0 Å². The number of rotatable bonds is 8. The van der Waals surface area contributed by atoms with Crippen molar-refractivity contribution in [1.82, 2.24) is 14.9 Å². The van der Waals surface area contributed by atoms with Crippen LogP contribution in [0.15, 0.2) is 79.1 Å². The lowest BCUT2D eigenvalue weighted by atomic mass is 10.0. The highest BCUT2D eigenvalue weighted by Crippen LogP contribution is 2.32. The third-order valence-electron chi connectivity index (χ3n) is 6.67. The SMILES string of the molecule is O=C(Cc1ccccc1)N(Cc1cccc(-c2ccc3ncnc(NC4CC4)c3c2)c1)C1CC1. The van der Waals surface area contributed by atoms with Crippen LogP contribution in [0.25, 0.3) is 22.0 Å². The maximum absolute atomic E-state index is 13.1. The van der Waals surface area contributed by atoms with Gasteiger partial charge >= 0.3 is 0 Å². The summed E-state index contributed by atoms with van der Waals surface area (Å²) in [4.78, 5) is 24.1. The first kappa shape index (κ1) is 20.8. The summed E-state index contributed by atoms with van der Waals surface area (Å²) in [7, 11) is 0. The molecular formula is C29H28N4O. The van der Waals surface area contributed by atoms with E-state index in [0.29, 0.717) is 25.0 Å². The molecule has 5 heteroatoms. The normalized spacial score (nSPS) is 15.3. The molecule has 2 aliphatic carbocycles. The van der Waals surface area contributed by atoms with Crippen molar-refractivity contribution in [3.63, 3.8) is 0 Å². The Bertz CT molecular complexity index is 1330. The van der Waals surface area contributed by atoms with Crippen LogP contribution in [0, 0.1) is 0 Å². The van der Waals surface area contributed by atoms with Gasteiger partial charge in [-0.05, 0) is 66.1 Å². The quantitative estimate of drug-likeness (QED) is 0.381. The van der Waals surface area contributed by atoms with Crippen LogP contribution in [-0.4, -0.2) is 32.9 Å². The topological polar surface area (TPSA) is 58.1 Å². The van der Waals surface area contributed by atoms with Crippen LogP contribution in [-0.2, 0) is 17.8 Å². The van der Waals surface area contributed by atoms with E-state index < -0.39 is 0 Å². The van der Waals surface area contributed by atoms with Crippen molar-refractivity contribution in [2.45, 2.75) is 50.7 Å². The number of carbonyl (C=O) groups is 1. The summed E-state index contributed by atoms with van der Waals surface area (Å²) in [6, 6.07) is 25.9. The molecule has 0 saturated heterocycles. The van der Waals surface area contributed by atoms with Crippen molar-refractivity contribution in [2.24, 2.45) is 0 Å². The standard InChI is InChI=1S/C29H28N4O/c34-28(16-20-5-2-1-3-6-20)33(25-12-13-25)18-21-7-4-8-22(15-21)23-9-14-27-26(17-23)29(31-19-30-27)32-24-10-11-24/h1-9,14-15,17,19,24-25H,10-13,16,18H2,(H,30,31,32). The second kappa shape index (κ2) is 8.90. The van der Waals surface area contributed by atoms with Crippen LogP contribution in [0.4, 0.5) is 5.82 Å². The van der Waals surface area contributed by atoms with E-state index in [0.717, 1.165) is 51.8 Å². The average molecular weight is 449 g/mol. The predicted molar refractivity (Wildman–Crippen MR) is 135 cm³/mol. The molecule has 3 aromatic carbocycles. The molecule has 0 unspecified atom stereocenters. The molecule has 5 nitrogen and oxygen atoms in total. The Morgan fingerprint density at radius 1 is 0.853 bits per heavy atom. The molecule has 170 valence electrons. The van der Waals surface area contributed by atoms with E-state index in [1.807, 2.05) is 30.3 Å². The molecule has 0 radical (unpaired) electrons. The number of nitrogens with zero attached hydrogens (tertiary/aromatic N) is 3. The molecule has 0 aliphatic heterocycles. The number of hydrogen-bond donors (Lipinski definition) is 1. The summed E-state index contributed by atoms with van der Waals surface area (Å²) in [5, 5.41) is 4.58. The van der Waals surface area contributed by atoms with Crippen molar-refractivity contribution in [3.8, 4) is 11.1 Å². The molecule has 1 heterocycles. The van der Waals surface area contributed by atoms with Crippen LogP contribution in [0.1, 0.15) is 36.8 Å². The van der Waals surface area contributed by atoms with Crippen LogP contribution >= 0.6 is 0 Å². The molecule has 0 atom stereocenters. The highest BCUT2D eigenvalue weighted by molar-refractivity contribution is 5.92. The molecular weight excluding hydrogens is 420 g/mol. The number of carbonyl (C=O) groups excluding carboxylic acids is 1. The Morgan fingerprint density at radius 3 is 2.44 bits per heavy atom. The van der Waals surface area contributed by atoms with Crippen LogP contribution in [0.3, 0.4) is 0 Å². The summed E-state index contributed by atoms with van der Waals surface area (Å²) in [6.45, 7) is 0.648. The number of benzene rings is 3. The third kappa shape index (κ3) is 4.65. The minimum Gasteiger partial charge on any atom is -0.367 e.